The molecule has 0 spiro atoms. The highest BCUT2D eigenvalue weighted by Gasteiger charge is 2.28. The van der Waals surface area contributed by atoms with Gasteiger partial charge in [0.2, 0.25) is 0 Å². The van der Waals surface area contributed by atoms with E-state index in [1.165, 1.54) is 24.4 Å². The molecule has 0 aliphatic heterocycles. The lowest BCUT2D eigenvalue weighted by Gasteiger charge is -2.17. The monoisotopic (exact) mass is 476 g/mol. The van der Waals surface area contributed by atoms with Gasteiger partial charge in [-0.05, 0) is 60.7 Å². The van der Waals surface area contributed by atoms with Gasteiger partial charge in [-0.15, -0.1) is 0 Å². The van der Waals surface area contributed by atoms with Gasteiger partial charge in [-0.1, -0.05) is 18.9 Å². The number of carbonyl (C=O) groups excluding carboxylic acids is 1. The van der Waals surface area contributed by atoms with Gasteiger partial charge in [0.15, 0.2) is 23.3 Å². The van der Waals surface area contributed by atoms with Gasteiger partial charge in [-0.3, -0.25) is 4.79 Å². The second-order valence-corrected chi connectivity index (χ2v) is 8.09. The summed E-state index contributed by atoms with van der Waals surface area (Å²) in [7, 11) is 0. The Morgan fingerprint density at radius 2 is 1.82 bits per heavy atom. The molecule has 3 N–H and O–H groups in total. The van der Waals surface area contributed by atoms with E-state index in [-0.39, 0.29) is 40.7 Å². The van der Waals surface area contributed by atoms with E-state index in [2.05, 4.69) is 33.2 Å². The number of hydrogen-bond acceptors (Lipinski definition) is 5. The molecule has 2 aromatic carbocycles. The first-order chi connectivity index (χ1) is 15.8. The molecule has 1 aliphatic rings. The fourth-order valence-corrected chi connectivity index (χ4v) is 3.51. The average molecular weight is 476 g/mol. The summed E-state index contributed by atoms with van der Waals surface area (Å²) in [5.74, 6) is -4.91. The molecule has 0 saturated heterocycles. The van der Waals surface area contributed by atoms with Crippen LogP contribution in [0.15, 0.2) is 36.5 Å². The number of carbonyl (C=O) groups is 1. The molecule has 1 amide bonds. The standard InChI is InChI=1S/C23H20F4N4OS/c1-11-2-5-17(16(24)8-11)30-21-15(23(32)29-14-3-4-14)10-13(18(25)20(21)27)9-12-6-7-28-22(31-33)19(12)26/h2,5-8,10,14,30,33H,3-4,9H2,1H3,(H,28,31)(H,29,32). The third-order valence-corrected chi connectivity index (χ3v) is 5.49. The van der Waals surface area contributed by atoms with Crippen LogP contribution in [0.4, 0.5) is 34.8 Å². The number of pyridine rings is 1. The van der Waals surface area contributed by atoms with Crippen molar-refractivity contribution in [2.24, 2.45) is 0 Å². The highest BCUT2D eigenvalue weighted by Crippen LogP contribution is 2.32. The van der Waals surface area contributed by atoms with Gasteiger partial charge in [0.25, 0.3) is 5.91 Å². The summed E-state index contributed by atoms with van der Waals surface area (Å²) in [6, 6.07) is 6.61. The number of nitrogens with one attached hydrogen (secondary N) is 3. The van der Waals surface area contributed by atoms with Crippen LogP contribution in [0.2, 0.25) is 0 Å². The number of amides is 1. The molecule has 1 aliphatic carbocycles. The van der Waals surface area contributed by atoms with Crippen molar-refractivity contribution in [1.82, 2.24) is 10.3 Å². The van der Waals surface area contributed by atoms with Crippen LogP contribution in [0.5, 0.6) is 0 Å². The summed E-state index contributed by atoms with van der Waals surface area (Å²) in [5.41, 5.74) is -0.391. The maximum atomic E-state index is 15.2. The summed E-state index contributed by atoms with van der Waals surface area (Å²) < 4.78 is 61.4. The quantitative estimate of drug-likeness (QED) is 0.271. The minimum absolute atomic E-state index is 0.0266. The van der Waals surface area contributed by atoms with Crippen molar-refractivity contribution in [2.75, 3.05) is 10.0 Å². The van der Waals surface area contributed by atoms with E-state index >= 15 is 8.78 Å². The molecule has 0 bridgehead atoms. The number of benzene rings is 2. The van der Waals surface area contributed by atoms with Crippen LogP contribution in [-0.2, 0) is 6.42 Å². The van der Waals surface area contributed by atoms with Crippen LogP contribution in [0, 0.1) is 30.2 Å². The third kappa shape index (κ3) is 4.90. The summed E-state index contributed by atoms with van der Waals surface area (Å²) in [4.78, 5) is 16.6. The van der Waals surface area contributed by atoms with E-state index in [0.717, 1.165) is 18.9 Å². The zero-order chi connectivity index (χ0) is 23.7. The molecule has 3 aromatic rings. The van der Waals surface area contributed by atoms with Crippen LogP contribution in [0.25, 0.3) is 0 Å². The Morgan fingerprint density at radius 3 is 2.48 bits per heavy atom. The maximum Gasteiger partial charge on any atom is 0.253 e. The van der Waals surface area contributed by atoms with Crippen molar-refractivity contribution in [2.45, 2.75) is 32.2 Å². The van der Waals surface area contributed by atoms with E-state index < -0.39 is 34.9 Å². The largest absolute Gasteiger partial charge is 0.350 e. The van der Waals surface area contributed by atoms with Crippen molar-refractivity contribution in [3.05, 3.63) is 82.1 Å². The topological polar surface area (TPSA) is 66.0 Å². The smallest absolute Gasteiger partial charge is 0.253 e. The molecular formula is C23H20F4N4OS. The predicted octanol–water partition coefficient (Wildman–Crippen LogP) is 5.43. The maximum absolute atomic E-state index is 15.2. The van der Waals surface area contributed by atoms with Gasteiger partial charge in [-0.25, -0.2) is 22.5 Å². The Bertz CT molecular complexity index is 1230. The Hall–Kier alpha value is -3.27. The molecule has 4 rings (SSSR count). The van der Waals surface area contributed by atoms with E-state index in [4.69, 9.17) is 0 Å². The molecule has 0 radical (unpaired) electrons. The molecule has 0 unspecified atom stereocenters. The fraction of sp³-hybridized carbons (Fsp3) is 0.217. The highest BCUT2D eigenvalue weighted by molar-refractivity contribution is 7.81. The van der Waals surface area contributed by atoms with Gasteiger partial charge in [0, 0.05) is 18.7 Å². The van der Waals surface area contributed by atoms with E-state index in [1.54, 1.807) is 13.0 Å². The molecule has 1 aromatic heterocycles. The number of thiol groups is 1. The lowest BCUT2D eigenvalue weighted by molar-refractivity contribution is 0.0951. The number of halogens is 4. The highest BCUT2D eigenvalue weighted by atomic mass is 32.1. The molecule has 5 nitrogen and oxygen atoms in total. The van der Waals surface area contributed by atoms with Crippen molar-refractivity contribution < 1.29 is 22.4 Å². The third-order valence-electron chi connectivity index (χ3n) is 5.28. The van der Waals surface area contributed by atoms with Gasteiger partial charge in [-0.2, -0.15) is 0 Å². The Balaban J connectivity index is 1.78. The molecule has 172 valence electrons. The minimum Gasteiger partial charge on any atom is -0.350 e. The number of hydrogen-bond donors (Lipinski definition) is 4. The van der Waals surface area contributed by atoms with Crippen molar-refractivity contribution >= 4 is 35.9 Å². The lowest BCUT2D eigenvalue weighted by atomic mass is 9.99. The minimum atomic E-state index is -1.37. The number of rotatable bonds is 7. The molecular weight excluding hydrogens is 456 g/mol. The van der Waals surface area contributed by atoms with Crippen molar-refractivity contribution in [3.8, 4) is 0 Å². The summed E-state index contributed by atoms with van der Waals surface area (Å²) in [5, 5.41) is 5.24. The van der Waals surface area contributed by atoms with E-state index in [9.17, 15) is 13.6 Å². The first kappa shape index (κ1) is 22.9. The van der Waals surface area contributed by atoms with Gasteiger partial charge < -0.3 is 15.4 Å². The number of anilines is 3. The number of nitrogens with zero attached hydrogens (tertiary/aromatic N) is 1. The second-order valence-electron chi connectivity index (χ2n) is 7.86. The molecule has 1 fully saturated rings. The van der Waals surface area contributed by atoms with Crippen LogP contribution < -0.4 is 15.4 Å². The molecule has 33 heavy (non-hydrogen) atoms. The molecule has 0 atom stereocenters. The number of aryl methyl sites for hydroxylation is 1. The molecule has 10 heteroatoms. The van der Waals surface area contributed by atoms with Gasteiger partial charge in [0.1, 0.15) is 5.82 Å². The van der Waals surface area contributed by atoms with Gasteiger partial charge in [0.05, 0.1) is 16.9 Å². The Kier molecular flexibility index (Phi) is 6.46. The van der Waals surface area contributed by atoms with Gasteiger partial charge >= 0.3 is 0 Å². The van der Waals surface area contributed by atoms with Crippen LogP contribution in [0.3, 0.4) is 0 Å². The summed E-state index contributed by atoms with van der Waals surface area (Å²) >= 11 is 3.77. The molecule has 1 heterocycles. The summed E-state index contributed by atoms with van der Waals surface area (Å²) in [6.07, 6.45) is 2.50. The molecule has 1 saturated carbocycles. The van der Waals surface area contributed by atoms with E-state index in [1.807, 2.05) is 0 Å². The van der Waals surface area contributed by atoms with Crippen molar-refractivity contribution in [3.63, 3.8) is 0 Å². The number of aromatic nitrogens is 1. The summed E-state index contributed by atoms with van der Waals surface area (Å²) in [6.45, 7) is 1.68. The van der Waals surface area contributed by atoms with E-state index in [0.29, 0.717) is 5.56 Å². The second kappa shape index (κ2) is 9.30. The predicted molar refractivity (Wildman–Crippen MR) is 121 cm³/mol. The Labute approximate surface area is 193 Å². The normalized spacial score (nSPS) is 13.0. The first-order valence-corrected chi connectivity index (χ1v) is 10.6. The van der Waals surface area contributed by atoms with Crippen molar-refractivity contribution in [1.29, 1.82) is 0 Å². The average Bonchev–Trinajstić information content (AvgIpc) is 3.60. The fourth-order valence-electron chi connectivity index (χ4n) is 3.36. The lowest BCUT2D eigenvalue weighted by Crippen LogP contribution is -2.27. The van der Waals surface area contributed by atoms with Crippen LogP contribution >= 0.6 is 12.8 Å². The van der Waals surface area contributed by atoms with Crippen LogP contribution in [0.1, 0.15) is 39.9 Å². The van der Waals surface area contributed by atoms with Crippen LogP contribution in [-0.4, -0.2) is 16.9 Å². The SMILES string of the molecule is Cc1ccc(Nc2c(C(=O)NC3CC3)cc(Cc3ccnc(NS)c3F)c(F)c2F)c(F)c1. The zero-order valence-electron chi connectivity index (χ0n) is 17.5. The zero-order valence-corrected chi connectivity index (χ0v) is 18.4. The first-order valence-electron chi connectivity index (χ1n) is 10.2. The Morgan fingerprint density at radius 1 is 1.06 bits per heavy atom.